The zero-order valence-electron chi connectivity index (χ0n) is 20.0. The molecule has 8 nitrogen and oxygen atoms in total. The van der Waals surface area contributed by atoms with Crippen molar-refractivity contribution in [3.8, 4) is 0 Å². The van der Waals surface area contributed by atoms with Crippen molar-refractivity contribution in [2.45, 2.75) is 6.42 Å². The molecule has 0 atom stereocenters. The van der Waals surface area contributed by atoms with Crippen molar-refractivity contribution < 1.29 is 19.5 Å². The van der Waals surface area contributed by atoms with Crippen molar-refractivity contribution in [1.82, 2.24) is 4.90 Å². The van der Waals surface area contributed by atoms with Gasteiger partial charge in [0.25, 0.3) is 5.91 Å². The molecule has 182 valence electrons. The summed E-state index contributed by atoms with van der Waals surface area (Å²) in [6.45, 7) is 0.988. The van der Waals surface area contributed by atoms with Crippen molar-refractivity contribution in [1.29, 1.82) is 0 Å². The third kappa shape index (κ3) is 4.34. The maximum Gasteiger partial charge on any atom is 0.335 e. The van der Waals surface area contributed by atoms with E-state index in [-0.39, 0.29) is 17.4 Å². The Morgan fingerprint density at radius 3 is 2.53 bits per heavy atom. The molecule has 36 heavy (non-hydrogen) atoms. The van der Waals surface area contributed by atoms with E-state index >= 15 is 0 Å². The van der Waals surface area contributed by atoms with Gasteiger partial charge in [-0.3, -0.25) is 9.59 Å². The van der Waals surface area contributed by atoms with Gasteiger partial charge in [0.1, 0.15) is 0 Å². The van der Waals surface area contributed by atoms with Crippen LogP contribution in [-0.4, -0.2) is 55.0 Å². The number of anilines is 3. The Morgan fingerprint density at radius 1 is 1.03 bits per heavy atom. The molecule has 2 heterocycles. The standard InChI is InChI=1S/C28H26N4O4/c1-31(2)16-24(33)32-13-12-18-14-20(9-11-23(18)32)29-26(17-6-4-3-5-7-17)25-21-10-8-19(28(35)36)15-22(21)30-27(25)34/h3-11,14-15,29H,12-13,16H2,1-2H3,(H,30,34)(H,35,36)/b26-25+. The number of rotatable bonds is 6. The number of benzene rings is 3. The number of hydrogen-bond acceptors (Lipinski definition) is 5. The van der Waals surface area contributed by atoms with E-state index in [0.717, 1.165) is 28.9 Å². The van der Waals surface area contributed by atoms with Crippen LogP contribution in [0.15, 0.2) is 66.7 Å². The fourth-order valence-corrected chi connectivity index (χ4v) is 4.68. The molecule has 0 saturated heterocycles. The zero-order valence-corrected chi connectivity index (χ0v) is 20.0. The maximum atomic E-state index is 13.1. The summed E-state index contributed by atoms with van der Waals surface area (Å²) in [5, 5.41) is 15.6. The van der Waals surface area contributed by atoms with Crippen LogP contribution in [0.1, 0.15) is 27.0 Å². The molecule has 3 aromatic rings. The van der Waals surface area contributed by atoms with E-state index < -0.39 is 5.97 Å². The number of amides is 2. The monoisotopic (exact) mass is 482 g/mol. The molecule has 0 saturated carbocycles. The number of fused-ring (bicyclic) bond motifs is 2. The lowest BCUT2D eigenvalue weighted by atomic mass is 9.99. The SMILES string of the molecule is CN(C)CC(=O)N1CCc2cc(N/C(=C3/C(=O)Nc4cc(C(=O)O)ccc43)c3ccccc3)ccc21. The second-order valence-corrected chi connectivity index (χ2v) is 9.14. The number of likely N-dealkylation sites (N-methyl/N-ethyl adjacent to an activating group) is 1. The molecule has 0 fully saturated rings. The topological polar surface area (TPSA) is 102 Å². The lowest BCUT2D eigenvalue weighted by molar-refractivity contribution is -0.119. The van der Waals surface area contributed by atoms with Gasteiger partial charge in [0.05, 0.1) is 29.1 Å². The van der Waals surface area contributed by atoms with Gasteiger partial charge in [-0.15, -0.1) is 0 Å². The van der Waals surface area contributed by atoms with Crippen molar-refractivity contribution in [2.75, 3.05) is 42.7 Å². The van der Waals surface area contributed by atoms with Crippen LogP contribution in [0.2, 0.25) is 0 Å². The van der Waals surface area contributed by atoms with Gasteiger partial charge in [0, 0.05) is 23.5 Å². The molecule has 8 heteroatoms. The fourth-order valence-electron chi connectivity index (χ4n) is 4.68. The summed E-state index contributed by atoms with van der Waals surface area (Å²) in [7, 11) is 3.75. The van der Waals surface area contributed by atoms with Crippen LogP contribution in [-0.2, 0) is 16.0 Å². The first kappa shape index (κ1) is 23.3. The van der Waals surface area contributed by atoms with Crippen LogP contribution in [0.25, 0.3) is 11.3 Å². The largest absolute Gasteiger partial charge is 0.478 e. The van der Waals surface area contributed by atoms with Crippen molar-refractivity contribution in [3.63, 3.8) is 0 Å². The molecule has 3 N–H and O–H groups in total. The van der Waals surface area contributed by atoms with Gasteiger partial charge < -0.3 is 25.5 Å². The van der Waals surface area contributed by atoms with E-state index in [9.17, 15) is 19.5 Å². The number of carbonyl (C=O) groups is 3. The molecular formula is C28H26N4O4. The minimum Gasteiger partial charge on any atom is -0.478 e. The molecular weight excluding hydrogens is 456 g/mol. The Balaban J connectivity index is 1.54. The predicted molar refractivity (Wildman–Crippen MR) is 140 cm³/mol. The van der Waals surface area contributed by atoms with E-state index in [2.05, 4.69) is 10.6 Å². The highest BCUT2D eigenvalue weighted by atomic mass is 16.4. The summed E-state index contributed by atoms with van der Waals surface area (Å²) in [5.74, 6) is -1.30. The van der Waals surface area contributed by atoms with Crippen molar-refractivity contribution in [3.05, 3.63) is 89.0 Å². The highest BCUT2D eigenvalue weighted by Crippen LogP contribution is 2.39. The fraction of sp³-hybridized carbons (Fsp3) is 0.179. The third-order valence-electron chi connectivity index (χ3n) is 6.32. The van der Waals surface area contributed by atoms with Gasteiger partial charge >= 0.3 is 5.97 Å². The minimum atomic E-state index is -1.05. The first-order valence-electron chi connectivity index (χ1n) is 11.7. The van der Waals surface area contributed by atoms with Crippen LogP contribution in [0.4, 0.5) is 17.1 Å². The van der Waals surface area contributed by atoms with Crippen LogP contribution in [0.3, 0.4) is 0 Å². The molecule has 2 aliphatic rings. The van der Waals surface area contributed by atoms with Crippen LogP contribution in [0.5, 0.6) is 0 Å². The number of nitrogens with one attached hydrogen (secondary N) is 2. The van der Waals surface area contributed by atoms with E-state index in [1.165, 1.54) is 12.1 Å². The summed E-state index contributed by atoms with van der Waals surface area (Å²) >= 11 is 0. The second kappa shape index (κ2) is 9.31. The smallest absolute Gasteiger partial charge is 0.335 e. The average Bonchev–Trinajstić information content (AvgIpc) is 3.42. The average molecular weight is 483 g/mol. The summed E-state index contributed by atoms with van der Waals surface area (Å²) in [5.41, 5.74) is 5.86. The molecule has 0 aromatic heterocycles. The van der Waals surface area contributed by atoms with E-state index in [1.807, 2.05) is 72.4 Å². The third-order valence-corrected chi connectivity index (χ3v) is 6.32. The van der Waals surface area contributed by atoms with E-state index in [4.69, 9.17) is 0 Å². The van der Waals surface area contributed by atoms with Crippen LogP contribution >= 0.6 is 0 Å². The van der Waals surface area contributed by atoms with Gasteiger partial charge in [-0.1, -0.05) is 36.4 Å². The summed E-state index contributed by atoms with van der Waals surface area (Å²) in [6.07, 6.45) is 0.753. The predicted octanol–water partition coefficient (Wildman–Crippen LogP) is 3.77. The first-order chi connectivity index (χ1) is 17.3. The lowest BCUT2D eigenvalue weighted by Crippen LogP contribution is -2.36. The lowest BCUT2D eigenvalue weighted by Gasteiger charge is -2.20. The van der Waals surface area contributed by atoms with Crippen molar-refractivity contribution in [2.24, 2.45) is 0 Å². The number of hydrogen-bond donors (Lipinski definition) is 3. The highest BCUT2D eigenvalue weighted by molar-refractivity contribution is 6.37. The van der Waals surface area contributed by atoms with Gasteiger partial charge in [-0.25, -0.2) is 4.79 Å². The zero-order chi connectivity index (χ0) is 25.4. The van der Waals surface area contributed by atoms with E-state index in [0.29, 0.717) is 35.6 Å². The summed E-state index contributed by atoms with van der Waals surface area (Å²) in [4.78, 5) is 40.8. The number of nitrogens with zero attached hydrogens (tertiary/aromatic N) is 2. The maximum absolute atomic E-state index is 13.1. The second-order valence-electron chi connectivity index (χ2n) is 9.14. The van der Waals surface area contributed by atoms with Crippen LogP contribution < -0.4 is 15.5 Å². The Labute approximate surface area is 208 Å². The number of carbonyl (C=O) groups excluding carboxylic acids is 2. The molecule has 2 aliphatic heterocycles. The molecule has 0 bridgehead atoms. The Kier molecular flexibility index (Phi) is 6.03. The molecule has 2 amide bonds. The molecule has 0 aliphatic carbocycles. The molecule has 0 radical (unpaired) electrons. The summed E-state index contributed by atoms with van der Waals surface area (Å²) in [6, 6.07) is 20.0. The number of carboxylic acids is 1. The van der Waals surface area contributed by atoms with Gasteiger partial charge in [-0.05, 0) is 62.0 Å². The Morgan fingerprint density at radius 2 is 1.81 bits per heavy atom. The van der Waals surface area contributed by atoms with E-state index in [1.54, 1.807) is 6.07 Å². The van der Waals surface area contributed by atoms with Gasteiger partial charge in [0.15, 0.2) is 0 Å². The molecule has 0 spiro atoms. The molecule has 3 aromatic carbocycles. The quantitative estimate of drug-likeness (QED) is 0.463. The number of aromatic carboxylic acids is 1. The summed E-state index contributed by atoms with van der Waals surface area (Å²) < 4.78 is 0. The molecule has 0 unspecified atom stereocenters. The van der Waals surface area contributed by atoms with Gasteiger partial charge in [0.2, 0.25) is 5.91 Å². The highest BCUT2D eigenvalue weighted by Gasteiger charge is 2.30. The van der Waals surface area contributed by atoms with Crippen LogP contribution in [0, 0.1) is 0 Å². The van der Waals surface area contributed by atoms with Gasteiger partial charge in [-0.2, -0.15) is 0 Å². The van der Waals surface area contributed by atoms with Crippen molar-refractivity contribution >= 4 is 46.1 Å². The first-order valence-corrected chi connectivity index (χ1v) is 11.7. The number of carboxylic acid groups (broad SMARTS) is 1. The molecule has 5 rings (SSSR count). The normalized spacial score (nSPS) is 15.4. The Hall–Kier alpha value is -4.43. The Bertz CT molecular complexity index is 1410. The minimum absolute atomic E-state index is 0.0616.